The van der Waals surface area contributed by atoms with E-state index < -0.39 is 5.97 Å². The fourth-order valence-corrected chi connectivity index (χ4v) is 1.97. The molecule has 0 amide bonds. The van der Waals surface area contributed by atoms with Crippen molar-refractivity contribution in [3.63, 3.8) is 0 Å². The maximum Gasteiger partial charge on any atom is 0.307 e. The van der Waals surface area contributed by atoms with Gasteiger partial charge in [0.25, 0.3) is 0 Å². The predicted octanol–water partition coefficient (Wildman–Crippen LogP) is 2.93. The standard InChI is InChI=1S/C15H23NO2/c1-4-9-16(10-13(3)15(17)18)11-14-7-5-12(2)6-8-14/h5-8,13H,4,9-11H2,1-3H3,(H,17,18). The first-order valence-electron chi connectivity index (χ1n) is 6.53. The molecule has 1 aromatic rings. The molecule has 0 aliphatic carbocycles. The summed E-state index contributed by atoms with van der Waals surface area (Å²) < 4.78 is 0. The third kappa shape index (κ3) is 4.88. The van der Waals surface area contributed by atoms with Gasteiger partial charge >= 0.3 is 5.97 Å². The third-order valence-corrected chi connectivity index (χ3v) is 3.02. The van der Waals surface area contributed by atoms with E-state index in [2.05, 4.69) is 43.0 Å². The molecule has 0 fully saturated rings. The summed E-state index contributed by atoms with van der Waals surface area (Å²) in [6.07, 6.45) is 1.04. The van der Waals surface area contributed by atoms with E-state index in [1.807, 2.05) is 0 Å². The van der Waals surface area contributed by atoms with E-state index in [9.17, 15) is 4.79 Å². The lowest BCUT2D eigenvalue weighted by molar-refractivity contribution is -0.141. The first kappa shape index (κ1) is 14.7. The molecule has 1 rings (SSSR count). The molecule has 0 saturated carbocycles. The molecule has 1 N–H and O–H groups in total. The first-order chi connectivity index (χ1) is 8.52. The van der Waals surface area contributed by atoms with Crippen molar-refractivity contribution >= 4 is 5.97 Å². The maximum atomic E-state index is 10.9. The van der Waals surface area contributed by atoms with E-state index in [1.54, 1.807) is 6.92 Å². The van der Waals surface area contributed by atoms with Crippen LogP contribution in [0.5, 0.6) is 0 Å². The van der Waals surface area contributed by atoms with Crippen molar-refractivity contribution in [1.82, 2.24) is 4.90 Å². The normalized spacial score (nSPS) is 12.7. The van der Waals surface area contributed by atoms with Gasteiger partial charge in [0, 0.05) is 13.1 Å². The Morgan fingerprint density at radius 3 is 2.44 bits per heavy atom. The Morgan fingerprint density at radius 1 is 1.33 bits per heavy atom. The summed E-state index contributed by atoms with van der Waals surface area (Å²) in [5, 5.41) is 8.97. The number of carboxylic acids is 1. The number of nitrogens with zero attached hydrogens (tertiary/aromatic N) is 1. The molecule has 18 heavy (non-hydrogen) atoms. The maximum absolute atomic E-state index is 10.9. The van der Waals surface area contributed by atoms with Crippen LogP contribution in [0.1, 0.15) is 31.4 Å². The van der Waals surface area contributed by atoms with E-state index in [0.29, 0.717) is 6.54 Å². The minimum Gasteiger partial charge on any atom is -0.481 e. The lowest BCUT2D eigenvalue weighted by atomic mass is 10.1. The van der Waals surface area contributed by atoms with Crippen LogP contribution >= 0.6 is 0 Å². The van der Waals surface area contributed by atoms with Crippen LogP contribution in [0.2, 0.25) is 0 Å². The third-order valence-electron chi connectivity index (χ3n) is 3.02. The number of carbonyl (C=O) groups is 1. The van der Waals surface area contributed by atoms with Gasteiger partial charge in [0.05, 0.1) is 5.92 Å². The molecular formula is C15H23NO2. The fraction of sp³-hybridized carbons (Fsp3) is 0.533. The lowest BCUT2D eigenvalue weighted by Gasteiger charge is -2.23. The van der Waals surface area contributed by atoms with Crippen LogP contribution in [-0.4, -0.2) is 29.1 Å². The van der Waals surface area contributed by atoms with Crippen LogP contribution in [0, 0.1) is 12.8 Å². The highest BCUT2D eigenvalue weighted by atomic mass is 16.4. The van der Waals surface area contributed by atoms with E-state index in [4.69, 9.17) is 5.11 Å². The van der Waals surface area contributed by atoms with Gasteiger partial charge in [-0.15, -0.1) is 0 Å². The Balaban J connectivity index is 2.62. The van der Waals surface area contributed by atoms with E-state index >= 15 is 0 Å². The summed E-state index contributed by atoms with van der Waals surface area (Å²) in [6.45, 7) is 8.32. The molecule has 3 heteroatoms. The molecule has 3 nitrogen and oxygen atoms in total. The minimum atomic E-state index is -0.722. The Labute approximate surface area is 109 Å². The van der Waals surface area contributed by atoms with Gasteiger partial charge in [-0.05, 0) is 25.5 Å². The number of carboxylic acid groups (broad SMARTS) is 1. The van der Waals surface area contributed by atoms with Gasteiger partial charge < -0.3 is 5.11 Å². The van der Waals surface area contributed by atoms with Gasteiger partial charge in [-0.2, -0.15) is 0 Å². The van der Waals surface area contributed by atoms with Gasteiger partial charge in [0.1, 0.15) is 0 Å². The number of hydrogen-bond donors (Lipinski definition) is 1. The summed E-state index contributed by atoms with van der Waals surface area (Å²) >= 11 is 0. The molecule has 1 atom stereocenters. The zero-order chi connectivity index (χ0) is 13.5. The molecule has 100 valence electrons. The fourth-order valence-electron chi connectivity index (χ4n) is 1.97. The smallest absolute Gasteiger partial charge is 0.307 e. The SMILES string of the molecule is CCCN(Cc1ccc(C)cc1)CC(C)C(=O)O. The van der Waals surface area contributed by atoms with E-state index in [0.717, 1.165) is 19.5 Å². The second-order valence-electron chi connectivity index (χ2n) is 4.96. The Morgan fingerprint density at radius 2 is 1.94 bits per heavy atom. The molecule has 0 aliphatic rings. The summed E-state index contributed by atoms with van der Waals surface area (Å²) in [7, 11) is 0. The second kappa shape index (κ2) is 7.17. The molecule has 0 spiro atoms. The topological polar surface area (TPSA) is 40.5 Å². The van der Waals surface area contributed by atoms with Crippen LogP contribution in [0.25, 0.3) is 0 Å². The summed E-state index contributed by atoms with van der Waals surface area (Å²) in [5.41, 5.74) is 2.49. The minimum absolute atomic E-state index is 0.318. The molecule has 0 bridgehead atoms. The monoisotopic (exact) mass is 249 g/mol. The van der Waals surface area contributed by atoms with Crippen LogP contribution in [-0.2, 0) is 11.3 Å². The largest absolute Gasteiger partial charge is 0.481 e. The van der Waals surface area contributed by atoms with Crippen molar-refractivity contribution in [1.29, 1.82) is 0 Å². The second-order valence-corrected chi connectivity index (χ2v) is 4.96. The summed E-state index contributed by atoms with van der Waals surface area (Å²) in [6, 6.07) is 8.42. The van der Waals surface area contributed by atoms with Crippen molar-refractivity contribution in [2.75, 3.05) is 13.1 Å². The summed E-state index contributed by atoms with van der Waals surface area (Å²) in [4.78, 5) is 13.1. The number of rotatable bonds is 7. The van der Waals surface area contributed by atoms with Crippen molar-refractivity contribution in [3.8, 4) is 0 Å². The Kier molecular flexibility index (Phi) is 5.86. The summed E-state index contributed by atoms with van der Waals surface area (Å²) in [5.74, 6) is -1.04. The highest BCUT2D eigenvalue weighted by molar-refractivity contribution is 5.69. The zero-order valence-electron chi connectivity index (χ0n) is 11.5. The van der Waals surface area contributed by atoms with Crippen molar-refractivity contribution in [2.24, 2.45) is 5.92 Å². The van der Waals surface area contributed by atoms with Crippen LogP contribution < -0.4 is 0 Å². The molecule has 0 radical (unpaired) electrons. The van der Waals surface area contributed by atoms with Gasteiger partial charge in [-0.1, -0.05) is 43.7 Å². The molecule has 0 aliphatic heterocycles. The van der Waals surface area contributed by atoms with Gasteiger partial charge in [0.15, 0.2) is 0 Å². The number of hydrogen-bond acceptors (Lipinski definition) is 2. The first-order valence-corrected chi connectivity index (χ1v) is 6.53. The number of benzene rings is 1. The number of aliphatic carboxylic acids is 1. The molecule has 0 aromatic heterocycles. The van der Waals surface area contributed by atoms with Crippen molar-refractivity contribution in [3.05, 3.63) is 35.4 Å². The average molecular weight is 249 g/mol. The molecule has 0 heterocycles. The van der Waals surface area contributed by atoms with Crippen LogP contribution in [0.15, 0.2) is 24.3 Å². The highest BCUT2D eigenvalue weighted by Gasteiger charge is 2.15. The van der Waals surface area contributed by atoms with E-state index in [-0.39, 0.29) is 5.92 Å². The molecule has 0 saturated heterocycles. The molecular weight excluding hydrogens is 226 g/mol. The van der Waals surface area contributed by atoms with Crippen LogP contribution in [0.4, 0.5) is 0 Å². The van der Waals surface area contributed by atoms with Gasteiger partial charge in [-0.3, -0.25) is 9.69 Å². The van der Waals surface area contributed by atoms with Crippen molar-refractivity contribution < 1.29 is 9.90 Å². The quantitative estimate of drug-likeness (QED) is 0.807. The van der Waals surface area contributed by atoms with E-state index in [1.165, 1.54) is 11.1 Å². The van der Waals surface area contributed by atoms with Crippen LogP contribution in [0.3, 0.4) is 0 Å². The zero-order valence-corrected chi connectivity index (χ0v) is 11.5. The Bertz CT molecular complexity index is 373. The van der Waals surface area contributed by atoms with Gasteiger partial charge in [0.2, 0.25) is 0 Å². The lowest BCUT2D eigenvalue weighted by Crippen LogP contribution is -2.32. The molecule has 1 unspecified atom stereocenters. The average Bonchev–Trinajstić information content (AvgIpc) is 2.32. The Hall–Kier alpha value is -1.35. The van der Waals surface area contributed by atoms with Crippen molar-refractivity contribution in [2.45, 2.75) is 33.7 Å². The molecule has 1 aromatic carbocycles. The van der Waals surface area contributed by atoms with Gasteiger partial charge in [-0.25, -0.2) is 0 Å². The number of aryl methyl sites for hydroxylation is 1. The highest BCUT2D eigenvalue weighted by Crippen LogP contribution is 2.10. The predicted molar refractivity (Wildman–Crippen MR) is 73.5 cm³/mol.